The molecule has 0 amide bonds. The van der Waals surface area contributed by atoms with Gasteiger partial charge in [0.15, 0.2) is 5.11 Å². The summed E-state index contributed by atoms with van der Waals surface area (Å²) in [4.78, 5) is 13.3. The number of anilines is 1. The van der Waals surface area contributed by atoms with Crippen molar-refractivity contribution in [2.45, 2.75) is 6.92 Å². The minimum Gasteiger partial charge on any atom is -0.462 e. The van der Waals surface area contributed by atoms with Gasteiger partial charge in [-0.2, -0.15) is 0 Å². The molecule has 0 fully saturated rings. The summed E-state index contributed by atoms with van der Waals surface area (Å²) in [6, 6.07) is 4.87. The minimum atomic E-state index is -0.381. The number of carbonyl (C=O) groups excluding carboxylic acids is 1. The van der Waals surface area contributed by atoms with Crippen LogP contribution in [0.5, 0.6) is 0 Å². The number of halogens is 1. The maximum absolute atomic E-state index is 11.6. The third kappa shape index (κ3) is 3.85. The number of carbonyl (C=O) groups is 1. The van der Waals surface area contributed by atoms with Gasteiger partial charge in [-0.25, -0.2) is 4.79 Å². The number of esters is 1. The molecule has 6 heteroatoms. The van der Waals surface area contributed by atoms with Crippen LogP contribution < -0.4 is 5.32 Å². The van der Waals surface area contributed by atoms with Crippen molar-refractivity contribution in [3.8, 4) is 0 Å². The number of ether oxygens (including phenoxy) is 1. The molecule has 18 heavy (non-hydrogen) atoms. The predicted molar refractivity (Wildman–Crippen MR) is 77.3 cm³/mol. The van der Waals surface area contributed by atoms with E-state index in [-0.39, 0.29) is 5.97 Å². The Morgan fingerprint density at radius 2 is 2.17 bits per heavy atom. The Morgan fingerprint density at radius 1 is 1.50 bits per heavy atom. The Morgan fingerprint density at radius 3 is 2.72 bits per heavy atom. The molecular weight excluding hydrogens is 272 g/mol. The summed E-state index contributed by atoms with van der Waals surface area (Å²) in [5.41, 5.74) is 1.02. The summed E-state index contributed by atoms with van der Waals surface area (Å²) in [5, 5.41) is 3.97. The normalized spacial score (nSPS) is 9.78. The van der Waals surface area contributed by atoms with Gasteiger partial charge in [-0.1, -0.05) is 11.6 Å². The fourth-order valence-corrected chi connectivity index (χ4v) is 1.46. The van der Waals surface area contributed by atoms with Crippen molar-refractivity contribution < 1.29 is 9.53 Å². The van der Waals surface area contributed by atoms with Gasteiger partial charge < -0.3 is 15.0 Å². The van der Waals surface area contributed by atoms with Crippen molar-refractivity contribution in [2.24, 2.45) is 0 Å². The minimum absolute atomic E-state index is 0.334. The van der Waals surface area contributed by atoms with Crippen molar-refractivity contribution in [2.75, 3.05) is 26.0 Å². The van der Waals surface area contributed by atoms with Crippen LogP contribution in [0.25, 0.3) is 0 Å². The lowest BCUT2D eigenvalue weighted by atomic mass is 10.2. The highest BCUT2D eigenvalue weighted by atomic mass is 35.5. The lowest BCUT2D eigenvalue weighted by Gasteiger charge is -2.16. The van der Waals surface area contributed by atoms with Crippen LogP contribution in [0.15, 0.2) is 18.2 Å². The van der Waals surface area contributed by atoms with E-state index in [1.54, 1.807) is 30.0 Å². The Labute approximate surface area is 117 Å². The second-order valence-corrected chi connectivity index (χ2v) is 4.53. The monoisotopic (exact) mass is 286 g/mol. The zero-order chi connectivity index (χ0) is 13.7. The molecule has 0 unspecified atom stereocenters. The quantitative estimate of drug-likeness (QED) is 0.683. The van der Waals surface area contributed by atoms with Crippen LogP contribution in [-0.2, 0) is 4.74 Å². The van der Waals surface area contributed by atoms with Crippen molar-refractivity contribution >= 4 is 40.6 Å². The zero-order valence-corrected chi connectivity index (χ0v) is 12.1. The summed E-state index contributed by atoms with van der Waals surface area (Å²) >= 11 is 11.2. The number of nitrogens with one attached hydrogen (secondary N) is 1. The molecule has 0 aliphatic carbocycles. The maximum Gasteiger partial charge on any atom is 0.338 e. The van der Waals surface area contributed by atoms with Crippen molar-refractivity contribution in [1.29, 1.82) is 0 Å². The predicted octanol–water partition coefficient (Wildman–Crippen LogP) is 2.78. The highest BCUT2D eigenvalue weighted by Crippen LogP contribution is 2.23. The molecule has 0 saturated carbocycles. The Balaban J connectivity index is 2.94. The highest BCUT2D eigenvalue weighted by Gasteiger charge is 2.11. The first-order valence-electron chi connectivity index (χ1n) is 5.40. The molecule has 0 radical (unpaired) electrons. The van der Waals surface area contributed by atoms with E-state index in [1.165, 1.54) is 0 Å². The van der Waals surface area contributed by atoms with E-state index in [1.807, 2.05) is 14.1 Å². The molecule has 0 aliphatic heterocycles. The largest absolute Gasteiger partial charge is 0.462 e. The summed E-state index contributed by atoms with van der Waals surface area (Å²) in [7, 11) is 3.64. The summed E-state index contributed by atoms with van der Waals surface area (Å²) in [5.74, 6) is -0.381. The van der Waals surface area contributed by atoms with Crippen LogP contribution in [0.3, 0.4) is 0 Å². The summed E-state index contributed by atoms with van der Waals surface area (Å²) in [6.07, 6.45) is 0. The van der Waals surface area contributed by atoms with Gasteiger partial charge in [0.25, 0.3) is 0 Å². The van der Waals surface area contributed by atoms with Crippen molar-refractivity contribution in [3.05, 3.63) is 28.8 Å². The molecule has 1 aromatic rings. The number of benzene rings is 1. The van der Waals surface area contributed by atoms with Crippen LogP contribution in [0.1, 0.15) is 17.3 Å². The van der Waals surface area contributed by atoms with Gasteiger partial charge in [-0.05, 0) is 37.3 Å². The van der Waals surface area contributed by atoms with E-state index in [9.17, 15) is 4.79 Å². The van der Waals surface area contributed by atoms with E-state index in [4.69, 9.17) is 28.6 Å². The number of hydrogen-bond donors (Lipinski definition) is 1. The second-order valence-electron chi connectivity index (χ2n) is 3.74. The third-order valence-electron chi connectivity index (χ3n) is 2.13. The second kappa shape index (κ2) is 6.56. The van der Waals surface area contributed by atoms with Crippen LogP contribution >= 0.6 is 23.8 Å². The van der Waals surface area contributed by atoms with Crippen LogP contribution in [0, 0.1) is 0 Å². The number of nitrogens with zero attached hydrogens (tertiary/aromatic N) is 1. The number of hydrogen-bond acceptors (Lipinski definition) is 3. The average Bonchev–Trinajstić information content (AvgIpc) is 2.31. The summed E-state index contributed by atoms with van der Waals surface area (Å²) < 4.78 is 4.92. The molecule has 98 valence electrons. The number of rotatable bonds is 3. The van der Waals surface area contributed by atoms with Crippen LogP contribution in [0.2, 0.25) is 5.02 Å². The van der Waals surface area contributed by atoms with Crippen molar-refractivity contribution in [3.63, 3.8) is 0 Å². The Kier molecular flexibility index (Phi) is 5.37. The molecule has 0 aliphatic rings. The zero-order valence-electron chi connectivity index (χ0n) is 10.5. The molecule has 0 bridgehead atoms. The molecule has 0 aromatic heterocycles. The SMILES string of the molecule is CCOC(=O)c1ccc(Cl)c(NC(=S)N(C)C)c1. The van der Waals surface area contributed by atoms with E-state index < -0.39 is 0 Å². The van der Waals surface area contributed by atoms with Gasteiger partial charge in [0.2, 0.25) is 0 Å². The highest BCUT2D eigenvalue weighted by molar-refractivity contribution is 7.80. The van der Waals surface area contributed by atoms with Crippen LogP contribution in [0.4, 0.5) is 5.69 Å². The van der Waals surface area contributed by atoms with E-state index in [0.29, 0.717) is 28.0 Å². The maximum atomic E-state index is 11.6. The summed E-state index contributed by atoms with van der Waals surface area (Å²) in [6.45, 7) is 2.09. The molecule has 1 N–H and O–H groups in total. The fraction of sp³-hybridized carbons (Fsp3) is 0.333. The molecular formula is C12H15ClN2O2S. The lowest BCUT2D eigenvalue weighted by Crippen LogP contribution is -2.27. The molecule has 1 aromatic carbocycles. The Hall–Kier alpha value is -1.33. The van der Waals surface area contributed by atoms with Gasteiger partial charge in [0, 0.05) is 14.1 Å². The number of thiocarbonyl (C=S) groups is 1. The van der Waals surface area contributed by atoms with Gasteiger partial charge >= 0.3 is 5.97 Å². The topological polar surface area (TPSA) is 41.6 Å². The molecule has 0 atom stereocenters. The van der Waals surface area contributed by atoms with Crippen molar-refractivity contribution in [1.82, 2.24) is 4.90 Å². The lowest BCUT2D eigenvalue weighted by molar-refractivity contribution is 0.0526. The first-order valence-corrected chi connectivity index (χ1v) is 6.19. The molecule has 0 spiro atoms. The molecule has 1 rings (SSSR count). The van der Waals surface area contributed by atoms with Gasteiger partial charge in [-0.3, -0.25) is 0 Å². The fourth-order valence-electron chi connectivity index (χ4n) is 1.19. The van der Waals surface area contributed by atoms with Gasteiger partial charge in [-0.15, -0.1) is 0 Å². The smallest absolute Gasteiger partial charge is 0.338 e. The third-order valence-corrected chi connectivity index (χ3v) is 2.92. The average molecular weight is 287 g/mol. The van der Waals surface area contributed by atoms with Crippen LogP contribution in [-0.4, -0.2) is 36.7 Å². The van der Waals surface area contributed by atoms with E-state index in [0.717, 1.165) is 0 Å². The molecule has 4 nitrogen and oxygen atoms in total. The standard InChI is InChI=1S/C12H15ClN2O2S/c1-4-17-11(16)8-5-6-9(13)10(7-8)14-12(18)15(2)3/h5-7H,4H2,1-3H3,(H,14,18). The Bertz CT molecular complexity index is 463. The molecule has 0 heterocycles. The van der Waals surface area contributed by atoms with E-state index >= 15 is 0 Å². The first kappa shape index (κ1) is 14.7. The molecule has 0 saturated heterocycles. The van der Waals surface area contributed by atoms with Gasteiger partial charge in [0.05, 0.1) is 22.9 Å². The van der Waals surface area contributed by atoms with E-state index in [2.05, 4.69) is 5.32 Å². The van der Waals surface area contributed by atoms with Gasteiger partial charge in [0.1, 0.15) is 0 Å². The first-order chi connectivity index (χ1) is 8.45.